The monoisotopic (exact) mass is 475 g/mol. The van der Waals surface area contributed by atoms with E-state index in [9.17, 15) is 14.4 Å². The highest BCUT2D eigenvalue weighted by molar-refractivity contribution is 7.22. The summed E-state index contributed by atoms with van der Waals surface area (Å²) in [5.74, 6) is 1.03. The van der Waals surface area contributed by atoms with Crippen LogP contribution >= 0.6 is 22.7 Å². The number of hydrogen-bond donors (Lipinski definition) is 2. The first kappa shape index (κ1) is 22.4. The average molecular weight is 476 g/mol. The Morgan fingerprint density at radius 1 is 1.28 bits per heavy atom. The van der Waals surface area contributed by atoms with Gasteiger partial charge in [0.15, 0.2) is 5.13 Å². The lowest BCUT2D eigenvalue weighted by atomic mass is 10.0. The van der Waals surface area contributed by atoms with Gasteiger partial charge in [-0.15, -0.1) is 11.3 Å². The van der Waals surface area contributed by atoms with Crippen LogP contribution in [0.15, 0.2) is 10.2 Å². The first-order valence-electron chi connectivity index (χ1n) is 10.6. The highest BCUT2D eigenvalue weighted by atomic mass is 32.1. The van der Waals surface area contributed by atoms with Crippen molar-refractivity contribution in [3.63, 3.8) is 0 Å². The van der Waals surface area contributed by atoms with Gasteiger partial charge in [-0.05, 0) is 38.2 Å². The number of aryl methyl sites for hydroxylation is 2. The SMILES string of the molecule is CCOC(=O)Cc1csc(NC(=O)Nc2sc3nc4n(c(=O)c3c2C)CCC(C)CC4)n1. The second kappa shape index (κ2) is 9.37. The van der Waals surface area contributed by atoms with Gasteiger partial charge < -0.3 is 4.74 Å². The second-order valence-corrected chi connectivity index (χ2v) is 9.72. The van der Waals surface area contributed by atoms with E-state index in [4.69, 9.17) is 9.72 Å². The number of amides is 2. The van der Waals surface area contributed by atoms with Crippen LogP contribution in [0.25, 0.3) is 10.2 Å². The fourth-order valence-corrected chi connectivity index (χ4v) is 5.50. The van der Waals surface area contributed by atoms with Gasteiger partial charge in [0.25, 0.3) is 5.56 Å². The lowest BCUT2D eigenvalue weighted by Gasteiger charge is -2.08. The number of esters is 1. The summed E-state index contributed by atoms with van der Waals surface area (Å²) in [4.78, 5) is 46.9. The van der Waals surface area contributed by atoms with Gasteiger partial charge in [-0.2, -0.15) is 0 Å². The van der Waals surface area contributed by atoms with Crippen LogP contribution in [0.4, 0.5) is 14.9 Å². The minimum atomic E-state index is -0.466. The predicted octanol–water partition coefficient (Wildman–Crippen LogP) is 3.94. The number of carbonyl (C=O) groups is 2. The third-order valence-electron chi connectivity index (χ3n) is 5.47. The first-order chi connectivity index (χ1) is 15.4. The van der Waals surface area contributed by atoms with Crippen LogP contribution in [-0.2, 0) is 28.9 Å². The van der Waals surface area contributed by atoms with E-state index >= 15 is 0 Å². The molecule has 2 N–H and O–H groups in total. The Bertz CT molecular complexity index is 1230. The van der Waals surface area contributed by atoms with Gasteiger partial charge in [-0.1, -0.05) is 18.3 Å². The summed E-state index contributed by atoms with van der Waals surface area (Å²) in [6.45, 7) is 6.76. The number of thiazole rings is 1. The molecule has 0 radical (unpaired) electrons. The maximum Gasteiger partial charge on any atom is 0.326 e. The van der Waals surface area contributed by atoms with Crippen molar-refractivity contribution in [2.75, 3.05) is 17.2 Å². The van der Waals surface area contributed by atoms with E-state index in [1.165, 1.54) is 22.7 Å². The number of rotatable bonds is 5. The quantitative estimate of drug-likeness (QED) is 0.540. The predicted molar refractivity (Wildman–Crippen MR) is 126 cm³/mol. The van der Waals surface area contributed by atoms with Crippen LogP contribution < -0.4 is 16.2 Å². The van der Waals surface area contributed by atoms with Crippen molar-refractivity contribution in [3.8, 4) is 0 Å². The van der Waals surface area contributed by atoms with Crippen LogP contribution in [0.2, 0.25) is 0 Å². The molecule has 32 heavy (non-hydrogen) atoms. The molecule has 3 aromatic heterocycles. The van der Waals surface area contributed by atoms with Gasteiger partial charge in [0.2, 0.25) is 0 Å². The smallest absolute Gasteiger partial charge is 0.326 e. The minimum Gasteiger partial charge on any atom is -0.466 e. The number of fused-ring (bicyclic) bond motifs is 2. The molecule has 0 saturated carbocycles. The molecule has 0 bridgehead atoms. The van der Waals surface area contributed by atoms with Gasteiger partial charge in [-0.3, -0.25) is 24.8 Å². The molecule has 0 saturated heterocycles. The maximum atomic E-state index is 13.1. The number of thiophene rings is 1. The third kappa shape index (κ3) is 4.68. The molecule has 4 rings (SSSR count). The molecule has 0 spiro atoms. The van der Waals surface area contributed by atoms with E-state index in [0.29, 0.717) is 50.7 Å². The Balaban J connectivity index is 1.50. The molecule has 1 aliphatic heterocycles. The van der Waals surface area contributed by atoms with E-state index in [-0.39, 0.29) is 17.9 Å². The lowest BCUT2D eigenvalue weighted by Crippen LogP contribution is -2.24. The van der Waals surface area contributed by atoms with Gasteiger partial charge >= 0.3 is 12.0 Å². The normalized spacial score (nSPS) is 15.8. The zero-order valence-electron chi connectivity index (χ0n) is 18.2. The van der Waals surface area contributed by atoms with Crippen molar-refractivity contribution in [2.24, 2.45) is 5.92 Å². The largest absolute Gasteiger partial charge is 0.466 e. The number of hydrogen-bond acceptors (Lipinski definition) is 8. The number of carbonyl (C=O) groups excluding carboxylic acids is 2. The Morgan fingerprint density at radius 2 is 2.09 bits per heavy atom. The van der Waals surface area contributed by atoms with E-state index in [0.717, 1.165) is 25.1 Å². The van der Waals surface area contributed by atoms with Gasteiger partial charge in [-0.25, -0.2) is 14.8 Å². The minimum absolute atomic E-state index is 0.0372. The molecule has 9 nitrogen and oxygen atoms in total. The summed E-state index contributed by atoms with van der Waals surface area (Å²) in [5, 5.41) is 8.72. The maximum absolute atomic E-state index is 13.1. The van der Waals surface area contributed by atoms with Crippen molar-refractivity contribution in [2.45, 2.75) is 53.0 Å². The molecule has 4 heterocycles. The van der Waals surface area contributed by atoms with Crippen LogP contribution in [0.1, 0.15) is 43.8 Å². The Labute approximate surface area is 192 Å². The fraction of sp³-hybridized carbons (Fsp3) is 0.476. The van der Waals surface area contributed by atoms with Crippen LogP contribution in [0.5, 0.6) is 0 Å². The second-order valence-electron chi connectivity index (χ2n) is 7.86. The van der Waals surface area contributed by atoms with E-state index in [1.54, 1.807) is 16.9 Å². The summed E-state index contributed by atoms with van der Waals surface area (Å²) in [6, 6.07) is -0.466. The molecular weight excluding hydrogens is 450 g/mol. The fourth-order valence-electron chi connectivity index (χ4n) is 3.71. The standard InChI is InChI=1S/C21H25N5O4S2/c1-4-30-15(27)9-13-10-31-21(22-13)25-20(29)24-17-12(3)16-18(32-17)23-14-6-5-11(2)7-8-26(14)19(16)28/h10-11H,4-9H2,1-3H3,(H2,22,24,25,29). The molecule has 1 aliphatic rings. The van der Waals surface area contributed by atoms with E-state index < -0.39 is 6.03 Å². The molecule has 1 unspecified atom stereocenters. The zero-order valence-corrected chi connectivity index (χ0v) is 19.8. The van der Waals surface area contributed by atoms with Gasteiger partial charge in [0, 0.05) is 18.3 Å². The van der Waals surface area contributed by atoms with E-state index in [1.807, 2.05) is 6.92 Å². The molecule has 11 heteroatoms. The number of anilines is 2. The zero-order chi connectivity index (χ0) is 22.8. The molecule has 0 fully saturated rings. The topological polar surface area (TPSA) is 115 Å². The Morgan fingerprint density at radius 3 is 2.88 bits per heavy atom. The summed E-state index contributed by atoms with van der Waals surface area (Å²) in [6.07, 6.45) is 2.82. The van der Waals surface area contributed by atoms with Crippen molar-refractivity contribution < 1.29 is 14.3 Å². The van der Waals surface area contributed by atoms with Crippen molar-refractivity contribution in [1.29, 1.82) is 0 Å². The summed E-state index contributed by atoms with van der Waals surface area (Å²) in [5.41, 5.74) is 1.21. The number of ether oxygens (including phenoxy) is 1. The highest BCUT2D eigenvalue weighted by Gasteiger charge is 2.21. The van der Waals surface area contributed by atoms with Gasteiger partial charge in [0.05, 0.1) is 24.1 Å². The summed E-state index contributed by atoms with van der Waals surface area (Å²) >= 11 is 2.53. The summed E-state index contributed by atoms with van der Waals surface area (Å²) in [7, 11) is 0. The number of urea groups is 1. The molecule has 3 aromatic rings. The third-order valence-corrected chi connectivity index (χ3v) is 7.37. The van der Waals surface area contributed by atoms with Crippen molar-refractivity contribution >= 4 is 55.0 Å². The molecule has 170 valence electrons. The molecule has 0 aromatic carbocycles. The lowest BCUT2D eigenvalue weighted by molar-refractivity contribution is -0.142. The van der Waals surface area contributed by atoms with Crippen molar-refractivity contribution in [1.82, 2.24) is 14.5 Å². The van der Waals surface area contributed by atoms with E-state index in [2.05, 4.69) is 22.5 Å². The van der Waals surface area contributed by atoms with Crippen LogP contribution in [0.3, 0.4) is 0 Å². The molecule has 0 aliphatic carbocycles. The van der Waals surface area contributed by atoms with Crippen LogP contribution in [0, 0.1) is 12.8 Å². The summed E-state index contributed by atoms with van der Waals surface area (Å²) < 4.78 is 6.70. The Hall–Kier alpha value is -2.79. The molecule has 1 atom stereocenters. The highest BCUT2D eigenvalue weighted by Crippen LogP contribution is 2.33. The molecule has 2 amide bonds. The number of nitrogens with one attached hydrogen (secondary N) is 2. The van der Waals surface area contributed by atoms with Crippen molar-refractivity contribution in [3.05, 3.63) is 32.8 Å². The first-order valence-corrected chi connectivity index (χ1v) is 12.3. The number of aromatic nitrogens is 3. The number of nitrogens with zero attached hydrogens (tertiary/aromatic N) is 3. The average Bonchev–Trinajstić information content (AvgIpc) is 3.23. The molecular formula is C21H25N5O4S2. The Kier molecular flexibility index (Phi) is 6.56. The van der Waals surface area contributed by atoms with Gasteiger partial charge in [0.1, 0.15) is 15.7 Å². The van der Waals surface area contributed by atoms with Crippen LogP contribution in [-0.4, -0.2) is 33.1 Å².